The smallest absolute Gasteiger partial charge is 0.312 e. The summed E-state index contributed by atoms with van der Waals surface area (Å²) in [6.45, 7) is 0. The number of carboxylic acid groups (broad SMARTS) is 2. The molecule has 0 aromatic rings. The first kappa shape index (κ1) is 9.42. The summed E-state index contributed by atoms with van der Waals surface area (Å²) in [7, 11) is 0. The number of carboxylic acids is 2. The zero-order valence-corrected chi connectivity index (χ0v) is 7.25. The number of rotatable bonds is 2. The van der Waals surface area contributed by atoms with E-state index in [9.17, 15) is 9.59 Å². The molecule has 2 fully saturated rings. The lowest BCUT2D eigenvalue weighted by Crippen LogP contribution is -2.43. The Morgan fingerprint density at radius 1 is 1.07 bits per heavy atom. The van der Waals surface area contributed by atoms with Crippen molar-refractivity contribution < 1.29 is 29.6 Å². The van der Waals surface area contributed by atoms with Crippen LogP contribution in [0.1, 0.15) is 12.8 Å². The van der Waals surface area contributed by atoms with Crippen LogP contribution >= 0.6 is 0 Å². The van der Waals surface area contributed by atoms with Crippen LogP contribution < -0.4 is 0 Å². The minimum Gasteiger partial charge on any atom is -0.481 e. The van der Waals surface area contributed by atoms with E-state index in [2.05, 4.69) is 0 Å². The Morgan fingerprint density at radius 3 is 2.36 bits per heavy atom. The van der Waals surface area contributed by atoms with Crippen molar-refractivity contribution in [2.75, 3.05) is 0 Å². The maximum atomic E-state index is 10.8. The molecule has 1 aliphatic heterocycles. The van der Waals surface area contributed by atoms with E-state index in [4.69, 9.17) is 20.0 Å². The average molecular weight is 202 g/mol. The van der Waals surface area contributed by atoms with Gasteiger partial charge >= 0.3 is 11.9 Å². The molecular formula is C8H10O6. The summed E-state index contributed by atoms with van der Waals surface area (Å²) in [5, 5.41) is 17.7. The van der Waals surface area contributed by atoms with Crippen LogP contribution in [-0.4, -0.2) is 34.4 Å². The van der Waals surface area contributed by atoms with Crippen molar-refractivity contribution in [3.63, 3.8) is 0 Å². The molecule has 0 aromatic carbocycles. The van der Waals surface area contributed by atoms with Crippen molar-refractivity contribution >= 4 is 11.9 Å². The van der Waals surface area contributed by atoms with E-state index >= 15 is 0 Å². The summed E-state index contributed by atoms with van der Waals surface area (Å²) >= 11 is 0. The molecule has 2 rings (SSSR count). The van der Waals surface area contributed by atoms with Gasteiger partial charge in [0.15, 0.2) is 0 Å². The molecule has 0 amide bonds. The van der Waals surface area contributed by atoms with Crippen molar-refractivity contribution in [2.45, 2.75) is 25.0 Å². The normalized spacial score (nSPS) is 40.9. The predicted molar refractivity (Wildman–Crippen MR) is 41.2 cm³/mol. The highest BCUT2D eigenvalue weighted by atomic mass is 17.2. The number of carbonyl (C=O) groups is 2. The molecule has 2 N–H and O–H groups in total. The van der Waals surface area contributed by atoms with Crippen molar-refractivity contribution in [2.24, 2.45) is 11.8 Å². The number of fused-ring (bicyclic) bond motifs is 2. The summed E-state index contributed by atoms with van der Waals surface area (Å²) < 4.78 is 0. The van der Waals surface area contributed by atoms with Crippen molar-refractivity contribution in [1.29, 1.82) is 0 Å². The molecule has 6 heteroatoms. The summed E-state index contributed by atoms with van der Waals surface area (Å²) in [6.07, 6.45) is -0.504. The van der Waals surface area contributed by atoms with Crippen LogP contribution in [-0.2, 0) is 19.4 Å². The Kier molecular flexibility index (Phi) is 2.16. The molecule has 4 unspecified atom stereocenters. The van der Waals surface area contributed by atoms with E-state index in [0.29, 0.717) is 12.8 Å². The van der Waals surface area contributed by atoms with Gasteiger partial charge in [0, 0.05) is 0 Å². The van der Waals surface area contributed by atoms with E-state index in [1.54, 1.807) is 0 Å². The number of aliphatic carboxylic acids is 2. The van der Waals surface area contributed by atoms with Gasteiger partial charge in [-0.1, -0.05) is 0 Å². The first-order chi connectivity index (χ1) is 6.61. The fourth-order valence-corrected chi connectivity index (χ4v) is 2.08. The van der Waals surface area contributed by atoms with Gasteiger partial charge in [-0.2, -0.15) is 0 Å². The van der Waals surface area contributed by atoms with Gasteiger partial charge in [0.2, 0.25) is 0 Å². The molecule has 0 radical (unpaired) electrons. The van der Waals surface area contributed by atoms with E-state index in [1.165, 1.54) is 0 Å². The van der Waals surface area contributed by atoms with Gasteiger partial charge in [-0.05, 0) is 12.8 Å². The summed E-state index contributed by atoms with van der Waals surface area (Å²) in [5.41, 5.74) is 0. The maximum absolute atomic E-state index is 10.8. The predicted octanol–water partition coefficient (Wildman–Crippen LogP) is -0.119. The second-order valence-electron chi connectivity index (χ2n) is 3.58. The summed E-state index contributed by atoms with van der Waals surface area (Å²) in [5.74, 6) is -3.69. The lowest BCUT2D eigenvalue weighted by molar-refractivity contribution is -0.294. The fourth-order valence-electron chi connectivity index (χ4n) is 2.08. The first-order valence-corrected chi connectivity index (χ1v) is 4.39. The molecule has 6 nitrogen and oxygen atoms in total. The third-order valence-electron chi connectivity index (χ3n) is 2.81. The van der Waals surface area contributed by atoms with Crippen LogP contribution in [0.4, 0.5) is 0 Å². The van der Waals surface area contributed by atoms with E-state index in [0.717, 1.165) is 0 Å². The Labute approximate surface area is 79.4 Å². The minimum atomic E-state index is -1.05. The average Bonchev–Trinajstić information content (AvgIpc) is 2.40. The zero-order chi connectivity index (χ0) is 10.3. The summed E-state index contributed by atoms with van der Waals surface area (Å²) in [6, 6.07) is 0. The largest absolute Gasteiger partial charge is 0.481 e. The van der Waals surface area contributed by atoms with Gasteiger partial charge in [-0.15, -0.1) is 0 Å². The van der Waals surface area contributed by atoms with Crippen molar-refractivity contribution in [3.8, 4) is 0 Å². The zero-order valence-electron chi connectivity index (χ0n) is 7.25. The lowest BCUT2D eigenvalue weighted by Gasteiger charge is -2.26. The highest BCUT2D eigenvalue weighted by Crippen LogP contribution is 2.39. The van der Waals surface area contributed by atoms with Gasteiger partial charge in [0.05, 0.1) is 5.92 Å². The Bertz CT molecular complexity index is 275. The van der Waals surface area contributed by atoms with Crippen LogP contribution in [0.15, 0.2) is 0 Å². The highest BCUT2D eigenvalue weighted by molar-refractivity contribution is 5.76. The molecule has 2 aliphatic rings. The molecule has 14 heavy (non-hydrogen) atoms. The van der Waals surface area contributed by atoms with E-state index < -0.39 is 36.0 Å². The molecule has 1 saturated carbocycles. The topological polar surface area (TPSA) is 93.1 Å². The molecule has 78 valence electrons. The molecule has 4 atom stereocenters. The van der Waals surface area contributed by atoms with E-state index in [-0.39, 0.29) is 0 Å². The van der Waals surface area contributed by atoms with Gasteiger partial charge in [0.25, 0.3) is 0 Å². The Balaban J connectivity index is 2.21. The quantitative estimate of drug-likeness (QED) is 0.606. The molecule has 1 saturated heterocycles. The Morgan fingerprint density at radius 2 is 1.79 bits per heavy atom. The van der Waals surface area contributed by atoms with Crippen LogP contribution in [0, 0.1) is 11.8 Å². The minimum absolute atomic E-state index is 0.411. The molecule has 1 aliphatic carbocycles. The molecule has 1 heterocycles. The monoisotopic (exact) mass is 202 g/mol. The fraction of sp³-hybridized carbons (Fsp3) is 0.750. The maximum Gasteiger partial charge on any atom is 0.312 e. The molecule has 0 aromatic heterocycles. The van der Waals surface area contributed by atoms with Crippen LogP contribution in [0.25, 0.3) is 0 Å². The third-order valence-corrected chi connectivity index (χ3v) is 2.81. The second kappa shape index (κ2) is 3.21. The SMILES string of the molecule is O=C(O)C1CCC2OOC1C2C(=O)O. The van der Waals surface area contributed by atoms with Crippen LogP contribution in [0.3, 0.4) is 0 Å². The van der Waals surface area contributed by atoms with Crippen molar-refractivity contribution in [1.82, 2.24) is 0 Å². The first-order valence-electron chi connectivity index (χ1n) is 4.39. The molecule has 2 bridgehead atoms. The van der Waals surface area contributed by atoms with Crippen LogP contribution in [0.5, 0.6) is 0 Å². The number of hydrogen-bond donors (Lipinski definition) is 2. The molecule has 0 spiro atoms. The van der Waals surface area contributed by atoms with Gasteiger partial charge in [-0.3, -0.25) is 9.59 Å². The number of hydrogen-bond acceptors (Lipinski definition) is 4. The van der Waals surface area contributed by atoms with Crippen LogP contribution in [0.2, 0.25) is 0 Å². The van der Waals surface area contributed by atoms with Gasteiger partial charge in [-0.25, -0.2) is 9.78 Å². The highest BCUT2D eigenvalue weighted by Gasteiger charge is 2.53. The molecular weight excluding hydrogens is 192 g/mol. The standard InChI is InChI=1S/C8H10O6/c9-7(10)3-1-2-4-5(8(11)12)6(3)14-13-4/h3-6H,1-2H2,(H,9,10)(H,11,12). The van der Waals surface area contributed by atoms with Gasteiger partial charge in [0.1, 0.15) is 18.1 Å². The Hall–Kier alpha value is -1.14. The second-order valence-corrected chi connectivity index (χ2v) is 3.58. The lowest BCUT2D eigenvalue weighted by atomic mass is 9.77. The summed E-state index contributed by atoms with van der Waals surface area (Å²) in [4.78, 5) is 31.2. The third kappa shape index (κ3) is 1.27. The van der Waals surface area contributed by atoms with Gasteiger partial charge < -0.3 is 10.2 Å². The van der Waals surface area contributed by atoms with E-state index in [1.807, 2.05) is 0 Å². The van der Waals surface area contributed by atoms with Crippen molar-refractivity contribution in [3.05, 3.63) is 0 Å².